The summed E-state index contributed by atoms with van der Waals surface area (Å²) in [6, 6.07) is -1.88. The number of rotatable bonds is 7. The zero-order valence-electron chi connectivity index (χ0n) is 20.7. The summed E-state index contributed by atoms with van der Waals surface area (Å²) >= 11 is 0. The maximum atomic E-state index is 12.7. The minimum absolute atomic E-state index is 0.0310. The number of nitrogens with zero attached hydrogens (tertiary/aromatic N) is 1. The largest absolute Gasteiger partial charge is 0.480 e. The molecule has 2 aliphatic rings. The van der Waals surface area contributed by atoms with Crippen molar-refractivity contribution in [3.63, 3.8) is 0 Å². The van der Waals surface area contributed by atoms with Crippen LogP contribution in [0.2, 0.25) is 0 Å². The quantitative estimate of drug-likeness (QED) is 0.415. The molecule has 0 saturated heterocycles. The third kappa shape index (κ3) is 5.07. The van der Waals surface area contributed by atoms with E-state index in [2.05, 4.69) is 31.1 Å². The molecule has 0 spiro atoms. The number of carboxylic acids is 1. The number of ether oxygens (including phenoxy) is 1. The van der Waals surface area contributed by atoms with E-state index in [-0.39, 0.29) is 22.6 Å². The van der Waals surface area contributed by atoms with Gasteiger partial charge in [-0.1, -0.05) is 41.0 Å². The van der Waals surface area contributed by atoms with Gasteiger partial charge in [-0.15, -0.1) is 0 Å². The van der Waals surface area contributed by atoms with Gasteiger partial charge in [-0.3, -0.25) is 4.79 Å². The van der Waals surface area contributed by atoms with E-state index >= 15 is 0 Å². The Morgan fingerprint density at radius 2 is 1.74 bits per heavy atom. The summed E-state index contributed by atoms with van der Waals surface area (Å²) in [5.74, 6) is -0.763. The molecule has 0 aromatic heterocycles. The van der Waals surface area contributed by atoms with Crippen molar-refractivity contribution >= 4 is 17.8 Å². The summed E-state index contributed by atoms with van der Waals surface area (Å²) in [4.78, 5) is 28.7. The molecule has 0 radical (unpaired) electrons. The lowest BCUT2D eigenvalue weighted by Crippen LogP contribution is -2.48. The smallest absolute Gasteiger partial charge is 0.326 e. The highest BCUT2D eigenvalue weighted by molar-refractivity contribution is 5.90. The molecule has 6 atom stereocenters. The van der Waals surface area contributed by atoms with Gasteiger partial charge in [0.05, 0.1) is 0 Å². The normalized spacial score (nSPS) is 30.7. The molecule has 7 heteroatoms. The first-order chi connectivity index (χ1) is 14.0. The van der Waals surface area contributed by atoms with Crippen LogP contribution in [0.3, 0.4) is 0 Å². The number of nitrogens with one attached hydrogen (secondary N) is 1. The zero-order chi connectivity index (χ0) is 23.9. The van der Waals surface area contributed by atoms with Gasteiger partial charge in [0.15, 0.2) is 0 Å². The Morgan fingerprint density at radius 1 is 1.16 bits per heavy atom. The first-order valence-electron chi connectivity index (χ1n) is 11.5. The highest BCUT2D eigenvalue weighted by Gasteiger charge is 2.75. The molecular formula is C24H42N2O5. The second-order valence-corrected chi connectivity index (χ2v) is 11.5. The first kappa shape index (κ1) is 25.6. The summed E-state index contributed by atoms with van der Waals surface area (Å²) in [6.45, 7) is 17.3. The van der Waals surface area contributed by atoms with Gasteiger partial charge < -0.3 is 20.3 Å². The summed E-state index contributed by atoms with van der Waals surface area (Å²) in [6.07, 6.45) is 2.20. The number of hydrogen-bond acceptors (Lipinski definition) is 5. The number of aliphatic hydroxyl groups excluding tert-OH is 1. The van der Waals surface area contributed by atoms with Crippen LogP contribution in [0, 0.1) is 28.6 Å². The Labute approximate surface area is 187 Å². The maximum Gasteiger partial charge on any atom is 0.326 e. The van der Waals surface area contributed by atoms with Crippen LogP contribution in [-0.2, 0) is 14.3 Å². The fourth-order valence-corrected chi connectivity index (χ4v) is 5.53. The fraction of sp³-hybridized carbons (Fsp3) is 0.875. The van der Waals surface area contributed by atoms with Crippen LogP contribution in [0.4, 0.5) is 0 Å². The number of aliphatic carboxylic acids is 1. The minimum atomic E-state index is -1.08. The molecular weight excluding hydrogens is 396 g/mol. The van der Waals surface area contributed by atoms with Crippen molar-refractivity contribution in [3.8, 4) is 0 Å². The van der Waals surface area contributed by atoms with Crippen LogP contribution in [0.15, 0.2) is 4.99 Å². The fourth-order valence-electron chi connectivity index (χ4n) is 5.53. The molecule has 7 nitrogen and oxygen atoms in total. The number of aliphatic hydroxyl groups is 1. The van der Waals surface area contributed by atoms with E-state index in [1.165, 1.54) is 0 Å². The highest BCUT2D eigenvalue weighted by Crippen LogP contribution is 2.77. The van der Waals surface area contributed by atoms with E-state index in [4.69, 9.17) is 4.74 Å². The summed E-state index contributed by atoms with van der Waals surface area (Å²) in [5.41, 5.74) is -0.938. The Hall–Kier alpha value is -1.63. The second-order valence-electron chi connectivity index (χ2n) is 11.5. The lowest BCUT2D eigenvalue weighted by molar-refractivity contribution is -0.143. The first-order valence-corrected chi connectivity index (χ1v) is 11.5. The number of carbonyl (C=O) groups is 2. The number of hydrogen-bond donors (Lipinski definition) is 3. The zero-order valence-corrected chi connectivity index (χ0v) is 20.7. The summed E-state index contributed by atoms with van der Waals surface area (Å²) in [7, 11) is 0. The van der Waals surface area contributed by atoms with Crippen molar-refractivity contribution in [1.82, 2.24) is 5.32 Å². The predicted octanol–water partition coefficient (Wildman–Crippen LogP) is 3.64. The van der Waals surface area contributed by atoms with Crippen LogP contribution >= 0.6 is 0 Å². The summed E-state index contributed by atoms with van der Waals surface area (Å²) < 4.78 is 6.10. The van der Waals surface area contributed by atoms with Gasteiger partial charge in [-0.2, -0.15) is 0 Å². The molecule has 3 N–H and O–H groups in total. The van der Waals surface area contributed by atoms with Gasteiger partial charge in [0.1, 0.15) is 23.8 Å². The molecule has 0 aromatic carbocycles. The molecule has 178 valence electrons. The third-order valence-corrected chi connectivity index (χ3v) is 7.31. The van der Waals surface area contributed by atoms with Crippen molar-refractivity contribution in [2.75, 3.05) is 0 Å². The Balaban J connectivity index is 2.32. The number of fused-ring (bicyclic) bond motifs is 1. The minimum Gasteiger partial charge on any atom is -0.480 e. The number of carboxylic acid groups (broad SMARTS) is 1. The molecule has 0 heterocycles. The van der Waals surface area contributed by atoms with Crippen molar-refractivity contribution in [2.45, 2.75) is 105 Å². The van der Waals surface area contributed by atoms with Gasteiger partial charge >= 0.3 is 5.97 Å². The standard InChI is InChI=1S/C24H42N2O5/c1-13(2)17(21(29)30)26-19(28)15(4)25-20(31-22(5,6)7)18(27)24-12-14(3)10-11-16(24)23(24,8)9/h13-18,27H,10-12H2,1-9H3,(H,26,28)(H,29,30). The van der Waals surface area contributed by atoms with Crippen LogP contribution in [-0.4, -0.2) is 51.8 Å². The van der Waals surface area contributed by atoms with E-state index in [1.54, 1.807) is 20.8 Å². The van der Waals surface area contributed by atoms with E-state index in [0.717, 1.165) is 19.3 Å². The Morgan fingerprint density at radius 3 is 2.23 bits per heavy atom. The lowest BCUT2D eigenvalue weighted by Gasteiger charge is -2.35. The third-order valence-electron chi connectivity index (χ3n) is 7.31. The van der Waals surface area contributed by atoms with Crippen molar-refractivity contribution in [1.29, 1.82) is 0 Å². The van der Waals surface area contributed by atoms with Crippen LogP contribution in [0.25, 0.3) is 0 Å². The molecule has 6 unspecified atom stereocenters. The van der Waals surface area contributed by atoms with Gasteiger partial charge in [0, 0.05) is 5.41 Å². The average Bonchev–Trinajstić information content (AvgIpc) is 3.11. The Kier molecular flexibility index (Phi) is 7.21. The number of amides is 1. The van der Waals surface area contributed by atoms with Crippen molar-refractivity contribution in [3.05, 3.63) is 0 Å². The molecule has 2 fully saturated rings. The van der Waals surface area contributed by atoms with E-state index < -0.39 is 35.7 Å². The molecule has 1 amide bonds. The summed E-state index contributed by atoms with van der Waals surface area (Å²) in [5, 5.41) is 23.5. The second kappa shape index (κ2) is 8.72. The van der Waals surface area contributed by atoms with E-state index in [9.17, 15) is 19.8 Å². The average molecular weight is 439 g/mol. The monoisotopic (exact) mass is 438 g/mol. The van der Waals surface area contributed by atoms with Crippen molar-refractivity contribution < 1.29 is 24.5 Å². The SMILES string of the molecule is CC1CCC2C(C)(C)C2(C(O)C(=NC(C)C(=O)NC(C(=O)O)C(C)C)OC(C)(C)C)C1. The van der Waals surface area contributed by atoms with Crippen LogP contribution < -0.4 is 5.32 Å². The van der Waals surface area contributed by atoms with Gasteiger partial charge in [-0.25, -0.2) is 9.79 Å². The molecule has 2 rings (SSSR count). The molecule has 0 aliphatic heterocycles. The maximum absolute atomic E-state index is 12.7. The van der Waals surface area contributed by atoms with Gasteiger partial charge in [0.25, 0.3) is 0 Å². The highest BCUT2D eigenvalue weighted by atomic mass is 16.5. The molecule has 31 heavy (non-hydrogen) atoms. The molecule has 0 bridgehead atoms. The van der Waals surface area contributed by atoms with E-state index in [1.807, 2.05) is 20.8 Å². The Bertz CT molecular complexity index is 724. The molecule has 2 saturated carbocycles. The van der Waals surface area contributed by atoms with Crippen LogP contribution in [0.1, 0.15) is 81.6 Å². The van der Waals surface area contributed by atoms with Gasteiger partial charge in [0.2, 0.25) is 11.8 Å². The number of aliphatic imine (C=N–C) groups is 1. The number of carbonyl (C=O) groups excluding carboxylic acids is 1. The van der Waals surface area contributed by atoms with Crippen LogP contribution in [0.5, 0.6) is 0 Å². The lowest BCUT2D eigenvalue weighted by atomic mass is 9.76. The predicted molar refractivity (Wildman–Crippen MR) is 121 cm³/mol. The van der Waals surface area contributed by atoms with Crippen molar-refractivity contribution in [2.24, 2.45) is 33.6 Å². The van der Waals surface area contributed by atoms with Gasteiger partial charge in [-0.05, 0) is 63.7 Å². The molecule has 0 aromatic rings. The van der Waals surface area contributed by atoms with E-state index in [0.29, 0.717) is 11.8 Å². The molecule has 2 aliphatic carbocycles. The topological polar surface area (TPSA) is 108 Å².